The quantitative estimate of drug-likeness (QED) is 0.723. The maximum atomic E-state index is 11.6. The normalized spacial score (nSPS) is 11.6. The minimum Gasteiger partial charge on any atom is -0.476 e. The number of aromatic carboxylic acids is 1. The van der Waals surface area contributed by atoms with Crippen LogP contribution in [0.25, 0.3) is 0 Å². The van der Waals surface area contributed by atoms with Gasteiger partial charge in [-0.05, 0) is 6.92 Å². The minimum atomic E-state index is -1.11. The number of carbonyl (C=O) groups is 3. The molecular formula is C11H16N4O4S. The molecule has 0 fully saturated rings. The van der Waals surface area contributed by atoms with E-state index in [9.17, 15) is 14.4 Å². The number of amides is 3. The average Bonchev–Trinajstić information content (AvgIpc) is 2.85. The topological polar surface area (TPSA) is 112 Å². The number of nitrogens with zero attached hydrogens (tertiary/aromatic N) is 2. The molecule has 1 heterocycles. The number of aromatic nitrogens is 1. The van der Waals surface area contributed by atoms with E-state index in [-0.39, 0.29) is 18.1 Å². The minimum absolute atomic E-state index is 0.0538. The molecule has 8 nitrogen and oxygen atoms in total. The molecular weight excluding hydrogens is 284 g/mol. The molecule has 9 heteroatoms. The molecule has 3 N–H and O–H groups in total. The zero-order chi connectivity index (χ0) is 15.3. The van der Waals surface area contributed by atoms with E-state index in [1.165, 1.54) is 10.3 Å². The van der Waals surface area contributed by atoms with Gasteiger partial charge in [0, 0.05) is 19.5 Å². The van der Waals surface area contributed by atoms with Crippen molar-refractivity contribution in [3.05, 3.63) is 16.1 Å². The Kier molecular flexibility index (Phi) is 5.44. The number of carbonyl (C=O) groups excluding carboxylic acids is 2. The smallest absolute Gasteiger partial charge is 0.355 e. The molecule has 0 aliphatic heterocycles. The van der Waals surface area contributed by atoms with Gasteiger partial charge in [0.25, 0.3) is 0 Å². The maximum Gasteiger partial charge on any atom is 0.355 e. The van der Waals surface area contributed by atoms with Crippen LogP contribution >= 0.6 is 11.3 Å². The van der Waals surface area contributed by atoms with Crippen molar-refractivity contribution in [1.82, 2.24) is 20.5 Å². The van der Waals surface area contributed by atoms with Crippen LogP contribution in [0.2, 0.25) is 0 Å². The highest BCUT2D eigenvalue weighted by atomic mass is 32.1. The molecule has 110 valence electrons. The SMILES string of the molecule is CC(NC(=O)NCC(=O)N(C)C)c1nc(C(=O)O)cs1. The fraction of sp³-hybridized carbons (Fsp3) is 0.455. The molecule has 1 rings (SSSR count). The van der Waals surface area contributed by atoms with Crippen molar-refractivity contribution >= 4 is 29.2 Å². The lowest BCUT2D eigenvalue weighted by molar-refractivity contribution is -0.127. The van der Waals surface area contributed by atoms with Crippen molar-refractivity contribution in [2.24, 2.45) is 0 Å². The van der Waals surface area contributed by atoms with E-state index in [2.05, 4.69) is 15.6 Å². The van der Waals surface area contributed by atoms with Crippen LogP contribution < -0.4 is 10.6 Å². The number of thiazole rings is 1. The van der Waals surface area contributed by atoms with Crippen molar-refractivity contribution in [1.29, 1.82) is 0 Å². The van der Waals surface area contributed by atoms with Gasteiger partial charge in [-0.1, -0.05) is 0 Å². The number of carboxylic acid groups (broad SMARTS) is 1. The second kappa shape index (κ2) is 6.85. The number of carboxylic acids is 1. The van der Waals surface area contributed by atoms with Gasteiger partial charge in [-0.25, -0.2) is 14.6 Å². The number of nitrogens with one attached hydrogen (secondary N) is 2. The number of hydrogen-bond acceptors (Lipinski definition) is 5. The van der Waals surface area contributed by atoms with E-state index in [0.717, 1.165) is 11.3 Å². The van der Waals surface area contributed by atoms with Gasteiger partial charge in [0.15, 0.2) is 5.69 Å². The molecule has 1 aromatic heterocycles. The average molecular weight is 300 g/mol. The molecule has 0 aliphatic rings. The molecule has 0 bridgehead atoms. The molecule has 0 saturated heterocycles. The lowest BCUT2D eigenvalue weighted by Crippen LogP contribution is -2.42. The lowest BCUT2D eigenvalue weighted by atomic mass is 10.3. The number of likely N-dealkylation sites (N-methyl/N-ethyl adjacent to an activating group) is 1. The van der Waals surface area contributed by atoms with E-state index in [0.29, 0.717) is 5.01 Å². The summed E-state index contributed by atoms with van der Waals surface area (Å²) in [6, 6.07) is -0.956. The molecule has 0 aliphatic carbocycles. The zero-order valence-corrected chi connectivity index (χ0v) is 12.2. The Hall–Kier alpha value is -2.16. The Balaban J connectivity index is 2.48. The highest BCUT2D eigenvalue weighted by Crippen LogP contribution is 2.17. The summed E-state index contributed by atoms with van der Waals surface area (Å²) < 4.78 is 0. The van der Waals surface area contributed by atoms with Gasteiger partial charge in [-0.3, -0.25) is 4.79 Å². The van der Waals surface area contributed by atoms with Gasteiger partial charge in [-0.2, -0.15) is 0 Å². The predicted octanol–water partition coefficient (Wildman–Crippen LogP) is 0.290. The van der Waals surface area contributed by atoms with Crippen molar-refractivity contribution in [3.8, 4) is 0 Å². The Morgan fingerprint density at radius 3 is 2.60 bits per heavy atom. The van der Waals surface area contributed by atoms with Crippen LogP contribution in [0, 0.1) is 0 Å². The highest BCUT2D eigenvalue weighted by molar-refractivity contribution is 7.09. The maximum absolute atomic E-state index is 11.6. The fourth-order valence-electron chi connectivity index (χ4n) is 1.21. The molecule has 0 spiro atoms. The van der Waals surface area contributed by atoms with Crippen molar-refractivity contribution in [2.45, 2.75) is 13.0 Å². The number of hydrogen-bond donors (Lipinski definition) is 3. The second-order valence-electron chi connectivity index (χ2n) is 4.21. The summed E-state index contributed by atoms with van der Waals surface area (Å²) in [5.41, 5.74) is -0.0538. The number of rotatable bonds is 5. The predicted molar refractivity (Wildman–Crippen MR) is 72.7 cm³/mol. The molecule has 1 unspecified atom stereocenters. The van der Waals surface area contributed by atoms with Crippen LogP contribution in [0.3, 0.4) is 0 Å². The standard InChI is InChI=1S/C11H16N4O4S/c1-6(9-14-7(5-20-9)10(17)18)13-11(19)12-4-8(16)15(2)3/h5-6H,4H2,1-3H3,(H,17,18)(H2,12,13,19). The third kappa shape index (κ3) is 4.50. The Labute approximate surface area is 119 Å². The van der Waals surface area contributed by atoms with Crippen molar-refractivity contribution < 1.29 is 19.5 Å². The molecule has 0 saturated carbocycles. The first-order valence-electron chi connectivity index (χ1n) is 5.74. The fourth-order valence-corrected chi connectivity index (χ4v) is 2.01. The van der Waals surface area contributed by atoms with Crippen molar-refractivity contribution in [2.75, 3.05) is 20.6 Å². The molecule has 0 radical (unpaired) electrons. The van der Waals surface area contributed by atoms with E-state index < -0.39 is 18.0 Å². The largest absolute Gasteiger partial charge is 0.476 e. The summed E-state index contributed by atoms with van der Waals surface area (Å²) in [7, 11) is 3.18. The van der Waals surface area contributed by atoms with E-state index in [1.54, 1.807) is 21.0 Å². The summed E-state index contributed by atoms with van der Waals surface area (Å²) in [5.74, 6) is -1.34. The molecule has 0 aromatic carbocycles. The Bertz CT molecular complexity index is 514. The summed E-state index contributed by atoms with van der Waals surface area (Å²) in [5, 5.41) is 15.6. The zero-order valence-electron chi connectivity index (χ0n) is 11.3. The molecule has 20 heavy (non-hydrogen) atoms. The summed E-state index contributed by atoms with van der Waals surface area (Å²) >= 11 is 1.15. The Morgan fingerprint density at radius 1 is 1.45 bits per heavy atom. The third-order valence-corrected chi connectivity index (χ3v) is 3.39. The van der Waals surface area contributed by atoms with Crippen LogP contribution in [0.5, 0.6) is 0 Å². The molecule has 1 atom stereocenters. The van der Waals surface area contributed by atoms with Gasteiger partial charge in [0.1, 0.15) is 5.01 Å². The Morgan fingerprint density at radius 2 is 2.10 bits per heavy atom. The highest BCUT2D eigenvalue weighted by Gasteiger charge is 2.16. The van der Waals surface area contributed by atoms with Crippen LogP contribution in [-0.4, -0.2) is 53.5 Å². The second-order valence-corrected chi connectivity index (χ2v) is 5.10. The van der Waals surface area contributed by atoms with Crippen molar-refractivity contribution in [3.63, 3.8) is 0 Å². The summed E-state index contributed by atoms with van der Waals surface area (Å²) in [4.78, 5) is 38.8. The first-order chi connectivity index (χ1) is 9.31. The molecule has 3 amide bonds. The van der Waals surface area contributed by atoms with Crippen LogP contribution in [0.4, 0.5) is 4.79 Å². The van der Waals surface area contributed by atoms with Gasteiger partial charge in [-0.15, -0.1) is 11.3 Å². The monoisotopic (exact) mass is 300 g/mol. The van der Waals surface area contributed by atoms with E-state index in [1.807, 2.05) is 0 Å². The number of urea groups is 1. The van der Waals surface area contributed by atoms with E-state index >= 15 is 0 Å². The van der Waals surface area contributed by atoms with Crippen LogP contribution in [-0.2, 0) is 4.79 Å². The summed E-state index contributed by atoms with van der Waals surface area (Å²) in [6.07, 6.45) is 0. The van der Waals surface area contributed by atoms with Gasteiger partial charge in [0.2, 0.25) is 5.91 Å². The molecule has 1 aromatic rings. The lowest BCUT2D eigenvalue weighted by Gasteiger charge is -2.14. The van der Waals surface area contributed by atoms with Crippen LogP contribution in [0.15, 0.2) is 5.38 Å². The van der Waals surface area contributed by atoms with Gasteiger partial charge >= 0.3 is 12.0 Å². The first kappa shape index (κ1) is 15.9. The van der Waals surface area contributed by atoms with Crippen LogP contribution in [0.1, 0.15) is 28.5 Å². The van der Waals surface area contributed by atoms with Gasteiger partial charge in [0.05, 0.1) is 12.6 Å². The third-order valence-electron chi connectivity index (χ3n) is 2.36. The van der Waals surface area contributed by atoms with Gasteiger partial charge < -0.3 is 20.6 Å². The van der Waals surface area contributed by atoms with E-state index in [4.69, 9.17) is 5.11 Å². The summed E-state index contributed by atoms with van der Waals surface area (Å²) in [6.45, 7) is 1.57. The first-order valence-corrected chi connectivity index (χ1v) is 6.62.